The summed E-state index contributed by atoms with van der Waals surface area (Å²) in [4.78, 5) is 9.11. The molecule has 3 unspecified atom stereocenters. The van der Waals surface area contributed by atoms with E-state index in [9.17, 15) is 5.11 Å². The number of methoxy groups -OCH3 is 1. The lowest BCUT2D eigenvalue weighted by Crippen LogP contribution is -2.40. The van der Waals surface area contributed by atoms with E-state index in [2.05, 4.69) is 35.3 Å². The number of aliphatic hydroxyl groups excluding tert-OH is 1. The average molecular weight is 455 g/mol. The maximum atomic E-state index is 9.76. The first kappa shape index (κ1) is 23.9. The molecule has 33 heavy (non-hydrogen) atoms. The Balaban J connectivity index is 1.56. The van der Waals surface area contributed by atoms with Crippen molar-refractivity contribution in [1.29, 1.82) is 0 Å². The maximum absolute atomic E-state index is 9.76. The van der Waals surface area contributed by atoms with Crippen LogP contribution in [-0.2, 0) is 13.2 Å². The first-order valence-corrected chi connectivity index (χ1v) is 12.4. The van der Waals surface area contributed by atoms with Crippen molar-refractivity contribution in [2.24, 2.45) is 11.8 Å². The van der Waals surface area contributed by atoms with Gasteiger partial charge in [0.05, 0.1) is 31.6 Å². The summed E-state index contributed by atoms with van der Waals surface area (Å²) in [6, 6.07) is 6.41. The number of hydrogen-bond donors (Lipinski definition) is 2. The van der Waals surface area contributed by atoms with Crippen LogP contribution < -0.4 is 14.9 Å². The molecule has 4 rings (SSSR count). The van der Waals surface area contributed by atoms with Crippen LogP contribution in [0.15, 0.2) is 30.6 Å². The fourth-order valence-electron chi connectivity index (χ4n) is 5.51. The van der Waals surface area contributed by atoms with E-state index in [1.54, 1.807) is 19.4 Å². The quantitative estimate of drug-likeness (QED) is 0.581. The van der Waals surface area contributed by atoms with Crippen molar-refractivity contribution < 1.29 is 14.6 Å². The van der Waals surface area contributed by atoms with Crippen molar-refractivity contribution in [3.8, 4) is 11.6 Å². The number of aromatic nitrogens is 2. The van der Waals surface area contributed by atoms with Gasteiger partial charge in [0, 0.05) is 36.0 Å². The van der Waals surface area contributed by atoms with Gasteiger partial charge in [0.1, 0.15) is 12.4 Å². The van der Waals surface area contributed by atoms with Gasteiger partial charge in [-0.1, -0.05) is 32.3 Å². The summed E-state index contributed by atoms with van der Waals surface area (Å²) in [6.07, 6.45) is 11.3. The first-order chi connectivity index (χ1) is 16.1. The minimum absolute atomic E-state index is 0.134. The van der Waals surface area contributed by atoms with Crippen LogP contribution in [0.4, 0.5) is 0 Å². The maximum Gasteiger partial charge on any atom is 0.213 e. The molecule has 0 radical (unpaired) electrons. The van der Waals surface area contributed by atoms with Gasteiger partial charge >= 0.3 is 0 Å². The Morgan fingerprint density at radius 3 is 2.73 bits per heavy atom. The summed E-state index contributed by atoms with van der Waals surface area (Å²) in [7, 11) is 1.56. The molecule has 1 saturated heterocycles. The fraction of sp³-hybridized carbons (Fsp3) is 0.615. The Hall–Kier alpha value is -2.22. The molecule has 0 amide bonds. The van der Waals surface area contributed by atoms with E-state index in [1.165, 1.54) is 32.1 Å². The highest BCUT2D eigenvalue weighted by Crippen LogP contribution is 2.40. The molecule has 3 heterocycles. The second-order valence-electron chi connectivity index (χ2n) is 9.42. The van der Waals surface area contributed by atoms with Gasteiger partial charge in [0.25, 0.3) is 0 Å². The SMILES string of the molecule is CCC1C(C)NN(CC2CCCCC2)C1c1ncccc1COc1cnc(OC)cc1CO. The molecule has 2 aromatic rings. The lowest BCUT2D eigenvalue weighted by Gasteiger charge is -2.32. The molecule has 1 aliphatic carbocycles. The lowest BCUT2D eigenvalue weighted by atomic mass is 9.86. The highest BCUT2D eigenvalue weighted by atomic mass is 16.5. The van der Waals surface area contributed by atoms with E-state index >= 15 is 0 Å². The van der Waals surface area contributed by atoms with Gasteiger partial charge in [-0.05, 0) is 44.1 Å². The third kappa shape index (κ3) is 5.48. The zero-order valence-electron chi connectivity index (χ0n) is 20.2. The number of aliphatic hydroxyl groups is 1. The van der Waals surface area contributed by atoms with Gasteiger partial charge in [0.2, 0.25) is 5.88 Å². The molecule has 2 aromatic heterocycles. The van der Waals surface area contributed by atoms with Gasteiger partial charge in [-0.15, -0.1) is 0 Å². The van der Waals surface area contributed by atoms with Crippen LogP contribution in [0.25, 0.3) is 0 Å². The van der Waals surface area contributed by atoms with Crippen molar-refractivity contribution in [2.75, 3.05) is 13.7 Å². The van der Waals surface area contributed by atoms with Gasteiger partial charge in [0.15, 0.2) is 0 Å². The largest absolute Gasteiger partial charge is 0.487 e. The lowest BCUT2D eigenvalue weighted by molar-refractivity contribution is 0.122. The topological polar surface area (TPSA) is 79.7 Å². The minimum atomic E-state index is -0.134. The molecule has 2 fully saturated rings. The molecular weight excluding hydrogens is 416 g/mol. The highest BCUT2D eigenvalue weighted by Gasteiger charge is 2.41. The number of rotatable bonds is 9. The number of pyridine rings is 2. The zero-order valence-corrected chi connectivity index (χ0v) is 20.2. The Bertz CT molecular complexity index is 903. The Morgan fingerprint density at radius 1 is 1.18 bits per heavy atom. The van der Waals surface area contributed by atoms with Gasteiger partial charge in [-0.3, -0.25) is 10.4 Å². The highest BCUT2D eigenvalue weighted by molar-refractivity contribution is 5.35. The molecule has 1 aliphatic heterocycles. The molecule has 0 bridgehead atoms. The van der Waals surface area contributed by atoms with Crippen molar-refractivity contribution in [3.05, 3.63) is 47.4 Å². The molecule has 7 heteroatoms. The van der Waals surface area contributed by atoms with Crippen molar-refractivity contribution in [1.82, 2.24) is 20.4 Å². The van der Waals surface area contributed by atoms with Crippen LogP contribution in [0.2, 0.25) is 0 Å². The number of ether oxygens (including phenoxy) is 2. The van der Waals surface area contributed by atoms with Gasteiger partial charge in [-0.25, -0.2) is 9.99 Å². The molecule has 0 aromatic carbocycles. The molecule has 2 N–H and O–H groups in total. The number of nitrogens with zero attached hydrogens (tertiary/aromatic N) is 3. The summed E-state index contributed by atoms with van der Waals surface area (Å²) in [5.74, 6) is 2.26. The third-order valence-corrected chi connectivity index (χ3v) is 7.30. The standard InChI is InChI=1S/C26H38N4O3/c1-4-22-18(2)29-30(15-19-9-6-5-7-10-19)26(22)25-20(11-8-12-27-25)17-33-23-14-28-24(32-3)13-21(23)16-31/h8,11-14,18-19,22,26,29,31H,4-7,9-10,15-17H2,1-3H3. The molecule has 2 aliphatic rings. The summed E-state index contributed by atoms with van der Waals surface area (Å²) in [5, 5.41) is 12.2. The summed E-state index contributed by atoms with van der Waals surface area (Å²) in [5.41, 5.74) is 6.60. The normalized spacial score (nSPS) is 24.2. The molecule has 3 atom stereocenters. The molecule has 1 saturated carbocycles. The summed E-state index contributed by atoms with van der Waals surface area (Å²) in [6.45, 7) is 5.88. The Morgan fingerprint density at radius 2 is 2.00 bits per heavy atom. The summed E-state index contributed by atoms with van der Waals surface area (Å²) < 4.78 is 11.3. The van der Waals surface area contributed by atoms with Crippen molar-refractivity contribution >= 4 is 0 Å². The predicted octanol–water partition coefficient (Wildman–Crippen LogP) is 4.41. The van der Waals surface area contributed by atoms with Crippen LogP contribution in [0, 0.1) is 11.8 Å². The van der Waals surface area contributed by atoms with E-state index in [0.717, 1.165) is 30.1 Å². The van der Waals surface area contributed by atoms with Crippen molar-refractivity contribution in [2.45, 2.75) is 77.7 Å². The second kappa shape index (κ2) is 11.3. The van der Waals surface area contributed by atoms with Crippen LogP contribution in [0.1, 0.15) is 75.2 Å². The fourth-order valence-corrected chi connectivity index (χ4v) is 5.51. The third-order valence-electron chi connectivity index (χ3n) is 7.30. The van der Waals surface area contributed by atoms with Crippen LogP contribution in [0.5, 0.6) is 11.6 Å². The van der Waals surface area contributed by atoms with Gasteiger partial charge in [-0.2, -0.15) is 0 Å². The van der Waals surface area contributed by atoms with Crippen LogP contribution in [-0.4, -0.2) is 39.8 Å². The molecule has 180 valence electrons. The average Bonchev–Trinajstić information content (AvgIpc) is 3.17. The predicted molar refractivity (Wildman–Crippen MR) is 128 cm³/mol. The van der Waals surface area contributed by atoms with Crippen LogP contribution >= 0.6 is 0 Å². The van der Waals surface area contributed by atoms with E-state index in [1.807, 2.05) is 12.3 Å². The van der Waals surface area contributed by atoms with E-state index in [4.69, 9.17) is 14.5 Å². The number of nitrogens with one attached hydrogen (secondary N) is 1. The van der Waals surface area contributed by atoms with E-state index in [0.29, 0.717) is 35.8 Å². The zero-order chi connectivity index (χ0) is 23.2. The Labute approximate surface area is 197 Å². The Kier molecular flexibility index (Phi) is 8.17. The second-order valence-corrected chi connectivity index (χ2v) is 9.42. The van der Waals surface area contributed by atoms with Gasteiger partial charge < -0.3 is 14.6 Å². The summed E-state index contributed by atoms with van der Waals surface area (Å²) >= 11 is 0. The number of hydrogen-bond acceptors (Lipinski definition) is 7. The van der Waals surface area contributed by atoms with Crippen LogP contribution in [0.3, 0.4) is 0 Å². The smallest absolute Gasteiger partial charge is 0.213 e. The van der Waals surface area contributed by atoms with E-state index in [-0.39, 0.29) is 12.6 Å². The monoisotopic (exact) mass is 454 g/mol. The van der Waals surface area contributed by atoms with E-state index < -0.39 is 0 Å². The van der Waals surface area contributed by atoms with Crippen molar-refractivity contribution in [3.63, 3.8) is 0 Å². The minimum Gasteiger partial charge on any atom is -0.487 e. The molecule has 7 nitrogen and oxygen atoms in total. The number of hydrazine groups is 1. The molecule has 0 spiro atoms. The first-order valence-electron chi connectivity index (χ1n) is 12.4. The molecular formula is C26H38N4O3.